The maximum absolute atomic E-state index is 13.1. The normalized spacial score (nSPS) is 14.0. The topological polar surface area (TPSA) is 237 Å². The van der Waals surface area contributed by atoms with E-state index in [9.17, 15) is 43.2 Å². The van der Waals surface area contributed by atoms with Crippen molar-refractivity contribution < 1.29 is 80.2 Å². The molecule has 0 radical (unpaired) electrons. The summed E-state index contributed by atoms with van der Waals surface area (Å²) >= 11 is 0. The average Bonchev–Trinajstić information content (AvgIpc) is 1.32. The fourth-order valence-electron chi connectivity index (χ4n) is 12.0. The van der Waals surface area contributed by atoms with Crippen molar-refractivity contribution in [2.24, 2.45) is 17.8 Å². The molecule has 0 aliphatic heterocycles. The van der Waals surface area contributed by atoms with Crippen LogP contribution in [0.2, 0.25) is 0 Å². The van der Waals surface area contributed by atoms with Crippen molar-refractivity contribution in [3.05, 3.63) is 0 Å². The molecular weight excluding hydrogens is 1270 g/mol. The van der Waals surface area contributed by atoms with Crippen molar-refractivity contribution in [2.75, 3.05) is 39.6 Å². The average molecular weight is 1420 g/mol. The highest BCUT2D eigenvalue weighted by Gasteiger charge is 2.30. The molecule has 0 heterocycles. The van der Waals surface area contributed by atoms with Gasteiger partial charge < -0.3 is 33.8 Å². The summed E-state index contributed by atoms with van der Waals surface area (Å²) in [6.07, 6.45) is 55.5. The monoisotopic (exact) mass is 1420 g/mol. The lowest BCUT2D eigenvalue weighted by Crippen LogP contribution is -2.30. The van der Waals surface area contributed by atoms with E-state index in [2.05, 4.69) is 48.5 Å². The van der Waals surface area contributed by atoms with Gasteiger partial charge in [-0.25, -0.2) is 9.13 Å². The molecule has 0 amide bonds. The molecular formula is C78H152O17P2. The zero-order valence-electron chi connectivity index (χ0n) is 63.5. The maximum atomic E-state index is 13.1. The van der Waals surface area contributed by atoms with Gasteiger partial charge in [-0.05, 0) is 43.4 Å². The summed E-state index contributed by atoms with van der Waals surface area (Å²) in [4.78, 5) is 72.9. The van der Waals surface area contributed by atoms with Gasteiger partial charge in [0.2, 0.25) is 0 Å². The standard InChI is InChI=1S/C78H152O17P2/c1-8-9-10-11-12-13-23-30-38-45-52-59-75(80)88-66-74(95-78(83)62-55-48-41-34-33-37-44-51-58-71(6)7)68-93-97(86,87)91-64-72(79)63-90-96(84,85)92-67-73(65-89-76(81)60-53-46-39-31-26-22-18-20-25-29-36-43-50-57-70(4)5)94-77(82)61-54-47-40-32-27-21-17-15-14-16-19-24-28-35-42-49-56-69(2)3/h69-74,79H,8-68H2,1-7H3,(H,84,85)(H,86,87)/t72-,73-,74-/m1/s1. The van der Waals surface area contributed by atoms with Crippen LogP contribution in [0.5, 0.6) is 0 Å². The third-order valence-electron chi connectivity index (χ3n) is 18.1. The summed E-state index contributed by atoms with van der Waals surface area (Å²) in [6.45, 7) is 11.9. The first-order chi connectivity index (χ1) is 46.7. The first-order valence-corrected chi connectivity index (χ1v) is 43.3. The Morgan fingerprint density at radius 2 is 0.474 bits per heavy atom. The number of hydrogen-bond acceptors (Lipinski definition) is 15. The predicted molar refractivity (Wildman–Crippen MR) is 395 cm³/mol. The summed E-state index contributed by atoms with van der Waals surface area (Å²) in [5, 5.41) is 10.6. The third kappa shape index (κ3) is 72.2. The highest BCUT2D eigenvalue weighted by molar-refractivity contribution is 7.47. The molecule has 0 saturated carbocycles. The number of aliphatic hydroxyl groups is 1. The van der Waals surface area contributed by atoms with Gasteiger partial charge in [-0.1, -0.05) is 350 Å². The molecule has 0 aromatic heterocycles. The molecule has 0 aliphatic carbocycles. The largest absolute Gasteiger partial charge is 0.472 e. The number of phosphoric acid groups is 2. The number of aliphatic hydroxyl groups excluding tert-OH is 1. The van der Waals surface area contributed by atoms with E-state index >= 15 is 0 Å². The summed E-state index contributed by atoms with van der Waals surface area (Å²) in [7, 11) is -9.91. The van der Waals surface area contributed by atoms with Crippen LogP contribution in [0.4, 0.5) is 0 Å². The number of carbonyl (C=O) groups excluding carboxylic acids is 4. The Morgan fingerprint density at radius 1 is 0.278 bits per heavy atom. The number of ether oxygens (including phenoxy) is 4. The van der Waals surface area contributed by atoms with Crippen LogP contribution in [0, 0.1) is 17.8 Å². The summed E-state index contributed by atoms with van der Waals surface area (Å²) < 4.78 is 68.6. The van der Waals surface area contributed by atoms with Crippen molar-refractivity contribution in [3.8, 4) is 0 Å². The Bertz CT molecular complexity index is 1890. The summed E-state index contributed by atoms with van der Waals surface area (Å²) in [6, 6.07) is 0. The maximum Gasteiger partial charge on any atom is 0.472 e. The highest BCUT2D eigenvalue weighted by atomic mass is 31.2. The first kappa shape index (κ1) is 95.1. The zero-order valence-corrected chi connectivity index (χ0v) is 65.3. The van der Waals surface area contributed by atoms with E-state index < -0.39 is 97.5 Å². The number of hydrogen-bond donors (Lipinski definition) is 3. The van der Waals surface area contributed by atoms with Crippen LogP contribution < -0.4 is 0 Å². The van der Waals surface area contributed by atoms with Crippen molar-refractivity contribution in [2.45, 2.75) is 420 Å². The Kier molecular flexibility index (Phi) is 67.1. The molecule has 0 aromatic carbocycles. The third-order valence-corrected chi connectivity index (χ3v) is 20.0. The summed E-state index contributed by atoms with van der Waals surface area (Å²) in [5.74, 6) is 0.203. The van der Waals surface area contributed by atoms with Crippen molar-refractivity contribution in [3.63, 3.8) is 0 Å². The molecule has 576 valence electrons. The molecule has 0 saturated heterocycles. The van der Waals surface area contributed by atoms with Crippen molar-refractivity contribution >= 4 is 39.5 Å². The summed E-state index contributed by atoms with van der Waals surface area (Å²) in [5.41, 5.74) is 0. The van der Waals surface area contributed by atoms with Crippen LogP contribution >= 0.6 is 15.6 Å². The van der Waals surface area contributed by atoms with Gasteiger partial charge >= 0.3 is 39.5 Å². The molecule has 19 heteroatoms. The quantitative estimate of drug-likeness (QED) is 0.0222. The fraction of sp³-hybridized carbons (Fsp3) is 0.949. The van der Waals surface area contributed by atoms with Gasteiger partial charge in [-0.15, -0.1) is 0 Å². The number of phosphoric ester groups is 2. The lowest BCUT2D eigenvalue weighted by Gasteiger charge is -2.21. The van der Waals surface area contributed by atoms with Crippen LogP contribution in [0.15, 0.2) is 0 Å². The Labute approximate surface area is 594 Å². The zero-order chi connectivity index (χ0) is 71.6. The van der Waals surface area contributed by atoms with E-state index in [4.69, 9.17) is 37.0 Å². The number of carbonyl (C=O) groups is 4. The van der Waals surface area contributed by atoms with Crippen molar-refractivity contribution in [1.82, 2.24) is 0 Å². The molecule has 0 spiro atoms. The lowest BCUT2D eigenvalue weighted by molar-refractivity contribution is -0.161. The van der Waals surface area contributed by atoms with E-state index in [1.807, 2.05) is 0 Å². The van der Waals surface area contributed by atoms with E-state index in [1.165, 1.54) is 212 Å². The molecule has 0 aliphatic rings. The first-order valence-electron chi connectivity index (χ1n) is 40.3. The second kappa shape index (κ2) is 68.5. The smallest absolute Gasteiger partial charge is 0.462 e. The second-order valence-electron chi connectivity index (χ2n) is 29.5. The Morgan fingerprint density at radius 3 is 0.701 bits per heavy atom. The Balaban J connectivity index is 5.23. The van der Waals surface area contributed by atoms with E-state index in [0.717, 1.165) is 108 Å². The van der Waals surface area contributed by atoms with Crippen LogP contribution in [-0.4, -0.2) is 96.7 Å². The van der Waals surface area contributed by atoms with Crippen LogP contribution in [0.25, 0.3) is 0 Å². The predicted octanol–water partition coefficient (Wildman–Crippen LogP) is 23.0. The van der Waals surface area contributed by atoms with Gasteiger partial charge in [0.05, 0.1) is 26.4 Å². The van der Waals surface area contributed by atoms with E-state index in [1.54, 1.807) is 0 Å². The van der Waals surface area contributed by atoms with Crippen LogP contribution in [-0.2, 0) is 65.4 Å². The molecule has 2 unspecified atom stereocenters. The van der Waals surface area contributed by atoms with Gasteiger partial charge in [-0.3, -0.25) is 37.3 Å². The molecule has 97 heavy (non-hydrogen) atoms. The molecule has 17 nitrogen and oxygen atoms in total. The van der Waals surface area contributed by atoms with Gasteiger partial charge in [0.1, 0.15) is 19.3 Å². The molecule has 0 bridgehead atoms. The molecule has 0 rings (SSSR count). The minimum atomic E-state index is -4.96. The lowest BCUT2D eigenvalue weighted by atomic mass is 10.0. The molecule has 5 atom stereocenters. The Hall–Kier alpha value is -1.94. The fourth-order valence-corrected chi connectivity index (χ4v) is 13.5. The molecule has 0 aromatic rings. The van der Waals surface area contributed by atoms with E-state index in [0.29, 0.717) is 25.7 Å². The number of unbranched alkanes of at least 4 members (excludes halogenated alkanes) is 44. The second-order valence-corrected chi connectivity index (χ2v) is 32.4. The number of esters is 4. The van der Waals surface area contributed by atoms with Gasteiger partial charge in [-0.2, -0.15) is 0 Å². The van der Waals surface area contributed by atoms with Crippen LogP contribution in [0.3, 0.4) is 0 Å². The van der Waals surface area contributed by atoms with Gasteiger partial charge in [0, 0.05) is 25.7 Å². The molecule has 0 fully saturated rings. The van der Waals surface area contributed by atoms with E-state index in [-0.39, 0.29) is 25.7 Å². The molecule has 3 N–H and O–H groups in total. The number of rotatable bonds is 76. The van der Waals surface area contributed by atoms with Crippen molar-refractivity contribution in [1.29, 1.82) is 0 Å². The SMILES string of the molecule is CCCCCCCCCCCCCC(=O)OC[C@H](COP(=O)(O)OC[C@H](O)COP(=O)(O)OC[C@@H](COC(=O)CCCCCCCCCCCCCCCC(C)C)OC(=O)CCCCCCCCCCCCCCCCCCC(C)C)OC(=O)CCCCCCCCCCC(C)C. The highest BCUT2D eigenvalue weighted by Crippen LogP contribution is 2.45. The minimum absolute atomic E-state index is 0.105. The minimum Gasteiger partial charge on any atom is -0.462 e. The van der Waals surface area contributed by atoms with Crippen LogP contribution in [0.1, 0.15) is 402 Å². The van der Waals surface area contributed by atoms with Gasteiger partial charge in [0.15, 0.2) is 12.2 Å². The van der Waals surface area contributed by atoms with Gasteiger partial charge in [0.25, 0.3) is 0 Å².